The number of halogens is 1. The SMILES string of the molecule is COC1CC2CC(OS2(=O)=O)C1OC(=O)CCCl. The Hall–Kier alpha value is -0.370. The molecule has 104 valence electrons. The molecule has 2 rings (SSSR count). The van der Waals surface area contributed by atoms with Crippen LogP contribution in [0.3, 0.4) is 0 Å². The van der Waals surface area contributed by atoms with Crippen LogP contribution in [0, 0.1) is 0 Å². The van der Waals surface area contributed by atoms with Gasteiger partial charge in [0.15, 0.2) is 6.10 Å². The van der Waals surface area contributed by atoms with Crippen LogP contribution in [0.4, 0.5) is 0 Å². The monoisotopic (exact) mass is 298 g/mol. The van der Waals surface area contributed by atoms with Crippen molar-refractivity contribution in [3.63, 3.8) is 0 Å². The number of esters is 1. The van der Waals surface area contributed by atoms with Crippen LogP contribution in [0.25, 0.3) is 0 Å². The van der Waals surface area contributed by atoms with Crippen LogP contribution >= 0.6 is 11.6 Å². The van der Waals surface area contributed by atoms with Crippen molar-refractivity contribution in [2.24, 2.45) is 0 Å². The van der Waals surface area contributed by atoms with Gasteiger partial charge in [-0.15, -0.1) is 11.6 Å². The fourth-order valence-electron chi connectivity index (χ4n) is 2.37. The third-order valence-corrected chi connectivity index (χ3v) is 5.16. The van der Waals surface area contributed by atoms with Gasteiger partial charge in [-0.2, -0.15) is 8.42 Å². The average Bonchev–Trinajstić information content (AvgIpc) is 2.54. The summed E-state index contributed by atoms with van der Waals surface area (Å²) in [5, 5.41) is -0.560. The van der Waals surface area contributed by atoms with Crippen LogP contribution in [0.2, 0.25) is 0 Å². The molecule has 1 aliphatic carbocycles. The van der Waals surface area contributed by atoms with Gasteiger partial charge < -0.3 is 9.47 Å². The highest BCUT2D eigenvalue weighted by molar-refractivity contribution is 7.87. The highest BCUT2D eigenvalue weighted by atomic mass is 35.5. The van der Waals surface area contributed by atoms with Crippen molar-refractivity contribution in [3.05, 3.63) is 0 Å². The maximum atomic E-state index is 11.6. The number of ether oxygens (including phenoxy) is 2. The lowest BCUT2D eigenvalue weighted by atomic mass is 9.91. The number of carbonyl (C=O) groups excluding carboxylic acids is 1. The standard InChI is InChI=1S/C10H15ClO6S/c1-15-7-4-6-5-8(17-18(6,13)14)10(7)16-9(12)2-3-11/h6-8,10H,2-5H2,1H3. The molecule has 0 amide bonds. The van der Waals surface area contributed by atoms with Crippen LogP contribution in [0.1, 0.15) is 19.3 Å². The summed E-state index contributed by atoms with van der Waals surface area (Å²) in [6.45, 7) is 0. The molecule has 1 aliphatic heterocycles. The molecule has 0 radical (unpaired) electrons. The van der Waals surface area contributed by atoms with Crippen LogP contribution in [0.15, 0.2) is 0 Å². The van der Waals surface area contributed by atoms with E-state index in [1.165, 1.54) is 7.11 Å². The minimum Gasteiger partial charge on any atom is -0.457 e. The largest absolute Gasteiger partial charge is 0.457 e. The second-order valence-electron chi connectivity index (χ2n) is 4.39. The van der Waals surface area contributed by atoms with Crippen LogP contribution in [0.5, 0.6) is 0 Å². The number of fused-ring (bicyclic) bond motifs is 2. The van der Waals surface area contributed by atoms with Crippen molar-refractivity contribution < 1.29 is 26.9 Å². The van der Waals surface area contributed by atoms with Gasteiger partial charge in [0.2, 0.25) is 0 Å². The average molecular weight is 299 g/mol. The summed E-state index contributed by atoms with van der Waals surface area (Å²) >= 11 is 5.45. The van der Waals surface area contributed by atoms with E-state index >= 15 is 0 Å². The van der Waals surface area contributed by atoms with Crippen molar-refractivity contribution >= 4 is 27.7 Å². The molecule has 6 nitrogen and oxygen atoms in total. The molecule has 0 N–H and O–H groups in total. The molecule has 4 unspecified atom stereocenters. The van der Waals surface area contributed by atoms with E-state index in [1.54, 1.807) is 0 Å². The summed E-state index contributed by atoms with van der Waals surface area (Å²) in [5.74, 6) is -0.307. The van der Waals surface area contributed by atoms with E-state index in [0.717, 1.165) is 0 Å². The first kappa shape index (κ1) is 14.0. The molecule has 1 heterocycles. The van der Waals surface area contributed by atoms with Crippen molar-refractivity contribution in [1.29, 1.82) is 0 Å². The number of carbonyl (C=O) groups is 1. The number of hydrogen-bond donors (Lipinski definition) is 0. The van der Waals surface area contributed by atoms with Crippen molar-refractivity contribution in [1.82, 2.24) is 0 Å². The van der Waals surface area contributed by atoms with Crippen molar-refractivity contribution in [2.75, 3.05) is 13.0 Å². The zero-order chi connectivity index (χ0) is 13.3. The van der Waals surface area contributed by atoms with Gasteiger partial charge in [-0.3, -0.25) is 8.98 Å². The highest BCUT2D eigenvalue weighted by Crippen LogP contribution is 2.38. The third-order valence-electron chi connectivity index (χ3n) is 3.26. The maximum absolute atomic E-state index is 11.6. The van der Waals surface area contributed by atoms with E-state index in [2.05, 4.69) is 0 Å². The minimum absolute atomic E-state index is 0.0807. The normalized spacial score (nSPS) is 37.4. The predicted octanol–water partition coefficient (Wildman–Crippen LogP) is 0.433. The zero-order valence-electron chi connectivity index (χ0n) is 9.87. The summed E-state index contributed by atoms with van der Waals surface area (Å²) in [7, 11) is -2.08. The Bertz CT molecular complexity index is 422. The Morgan fingerprint density at radius 1 is 1.44 bits per heavy atom. The molecule has 0 aromatic rings. The quantitative estimate of drug-likeness (QED) is 0.425. The van der Waals surface area contributed by atoms with Gasteiger partial charge >= 0.3 is 5.97 Å². The maximum Gasteiger partial charge on any atom is 0.307 e. The molecule has 0 spiro atoms. The lowest BCUT2D eigenvalue weighted by Crippen LogP contribution is -2.46. The first-order valence-electron chi connectivity index (χ1n) is 5.68. The van der Waals surface area contributed by atoms with Gasteiger partial charge in [0.1, 0.15) is 6.10 Å². The number of hydrogen-bond acceptors (Lipinski definition) is 6. The molecule has 0 aromatic heterocycles. The molecule has 2 aliphatic rings. The molecule has 8 heteroatoms. The Kier molecular flexibility index (Phi) is 4.15. The van der Waals surface area contributed by atoms with E-state index in [9.17, 15) is 13.2 Å². The number of alkyl halides is 1. The van der Waals surface area contributed by atoms with E-state index in [-0.39, 0.29) is 18.7 Å². The fraction of sp³-hybridized carbons (Fsp3) is 0.900. The fourth-order valence-corrected chi connectivity index (χ4v) is 4.07. The minimum atomic E-state index is -3.55. The molecule has 2 fully saturated rings. The molecular formula is C10H15ClO6S. The topological polar surface area (TPSA) is 78.9 Å². The Morgan fingerprint density at radius 3 is 2.78 bits per heavy atom. The van der Waals surface area contributed by atoms with Gasteiger partial charge in [0.25, 0.3) is 10.1 Å². The second-order valence-corrected chi connectivity index (χ2v) is 6.61. The van der Waals surface area contributed by atoms with Crippen molar-refractivity contribution in [3.8, 4) is 0 Å². The lowest BCUT2D eigenvalue weighted by Gasteiger charge is -2.32. The Balaban J connectivity index is 2.11. The first-order chi connectivity index (χ1) is 8.47. The zero-order valence-corrected chi connectivity index (χ0v) is 11.4. The van der Waals surface area contributed by atoms with E-state index < -0.39 is 39.6 Å². The van der Waals surface area contributed by atoms with Crippen LogP contribution in [-0.4, -0.2) is 50.9 Å². The molecular weight excluding hydrogens is 284 g/mol. The second kappa shape index (κ2) is 5.32. The summed E-state index contributed by atoms with van der Waals surface area (Å²) in [6, 6.07) is 0. The molecule has 18 heavy (non-hydrogen) atoms. The van der Waals surface area contributed by atoms with Crippen LogP contribution in [-0.2, 0) is 28.6 Å². The molecule has 2 bridgehead atoms. The molecule has 4 atom stereocenters. The van der Waals surface area contributed by atoms with Gasteiger partial charge in [0, 0.05) is 13.0 Å². The van der Waals surface area contributed by atoms with E-state index in [0.29, 0.717) is 6.42 Å². The van der Waals surface area contributed by atoms with Crippen molar-refractivity contribution in [2.45, 2.75) is 42.8 Å². The summed E-state index contributed by atoms with van der Waals surface area (Å²) in [4.78, 5) is 11.4. The van der Waals surface area contributed by atoms with Gasteiger partial charge in [-0.25, -0.2) is 0 Å². The number of rotatable bonds is 4. The Labute approximate surface area is 111 Å². The molecule has 1 saturated heterocycles. The first-order valence-corrected chi connectivity index (χ1v) is 7.69. The van der Waals surface area contributed by atoms with Crippen LogP contribution < -0.4 is 0 Å². The van der Waals surface area contributed by atoms with Gasteiger partial charge in [-0.05, 0) is 12.8 Å². The smallest absolute Gasteiger partial charge is 0.307 e. The summed E-state index contributed by atoms with van der Waals surface area (Å²) < 4.78 is 38.6. The van der Waals surface area contributed by atoms with Gasteiger partial charge in [0.05, 0.1) is 17.8 Å². The predicted molar refractivity (Wildman–Crippen MR) is 62.8 cm³/mol. The van der Waals surface area contributed by atoms with E-state index in [4.69, 9.17) is 25.3 Å². The third kappa shape index (κ3) is 2.64. The molecule has 0 aromatic carbocycles. The summed E-state index contributed by atoms with van der Waals surface area (Å²) in [6.07, 6.45) is -1.06. The molecule has 1 saturated carbocycles. The highest BCUT2D eigenvalue weighted by Gasteiger charge is 2.53. The van der Waals surface area contributed by atoms with Gasteiger partial charge in [-0.1, -0.05) is 0 Å². The Morgan fingerprint density at radius 2 is 2.17 bits per heavy atom. The number of methoxy groups -OCH3 is 1. The van der Waals surface area contributed by atoms with E-state index in [1.807, 2.05) is 0 Å². The lowest BCUT2D eigenvalue weighted by molar-refractivity contribution is -0.166. The summed E-state index contributed by atoms with van der Waals surface area (Å²) in [5.41, 5.74) is 0.